The molecule has 3 heteroatoms. The maximum Gasteiger partial charge on any atom is 0.136 e. The Bertz CT molecular complexity index is 414. The second kappa shape index (κ2) is 4.05. The van der Waals surface area contributed by atoms with Gasteiger partial charge < -0.3 is 5.32 Å². The molecule has 1 aromatic rings. The lowest BCUT2D eigenvalue weighted by Crippen LogP contribution is -2.27. The number of nitrogens with one attached hydrogen (secondary N) is 1. The number of hydrogen-bond acceptors (Lipinski definition) is 3. The maximum absolute atomic E-state index is 4.81. The minimum absolute atomic E-state index is 0.0954. The average molecular weight is 233 g/mol. The summed E-state index contributed by atoms with van der Waals surface area (Å²) >= 11 is 0. The van der Waals surface area contributed by atoms with Crippen LogP contribution in [0.4, 0.5) is 0 Å². The highest BCUT2D eigenvalue weighted by Gasteiger charge is 2.46. The first-order chi connectivity index (χ1) is 7.87. The van der Waals surface area contributed by atoms with Crippen molar-refractivity contribution >= 4 is 0 Å². The van der Waals surface area contributed by atoms with Gasteiger partial charge >= 0.3 is 0 Å². The van der Waals surface area contributed by atoms with Crippen molar-refractivity contribution in [3.8, 4) is 0 Å². The van der Waals surface area contributed by atoms with Gasteiger partial charge in [-0.3, -0.25) is 0 Å². The molecule has 1 aromatic heterocycles. The van der Waals surface area contributed by atoms with Gasteiger partial charge in [0.25, 0.3) is 0 Å². The van der Waals surface area contributed by atoms with Crippen LogP contribution < -0.4 is 5.32 Å². The normalized spacial score (nSPS) is 18.2. The van der Waals surface area contributed by atoms with Crippen molar-refractivity contribution in [3.05, 3.63) is 23.3 Å². The fourth-order valence-corrected chi connectivity index (χ4v) is 2.16. The van der Waals surface area contributed by atoms with Crippen LogP contribution in [0.5, 0.6) is 0 Å². The van der Waals surface area contributed by atoms with Gasteiger partial charge in [-0.1, -0.05) is 20.8 Å². The summed E-state index contributed by atoms with van der Waals surface area (Å²) in [5.41, 5.74) is 2.54. The lowest BCUT2D eigenvalue weighted by atomic mass is 9.91. The van der Waals surface area contributed by atoms with Crippen LogP contribution in [0.1, 0.15) is 50.8 Å². The minimum atomic E-state index is 0.0954. The molecule has 1 aliphatic carbocycles. The first kappa shape index (κ1) is 12.5. The molecule has 1 N–H and O–H groups in total. The van der Waals surface area contributed by atoms with Gasteiger partial charge in [0, 0.05) is 28.8 Å². The van der Waals surface area contributed by atoms with E-state index in [0.717, 1.165) is 23.8 Å². The highest BCUT2D eigenvalue weighted by atomic mass is 15.0. The predicted molar refractivity (Wildman–Crippen MR) is 70.3 cm³/mol. The SMILES string of the molecule is CNCC1(c2nc(C)cc(C(C)(C)C)n2)CC1. The van der Waals surface area contributed by atoms with Gasteiger partial charge in [-0.25, -0.2) is 9.97 Å². The molecular formula is C14H23N3. The molecular weight excluding hydrogens is 210 g/mol. The monoisotopic (exact) mass is 233 g/mol. The van der Waals surface area contributed by atoms with E-state index in [1.165, 1.54) is 12.8 Å². The lowest BCUT2D eigenvalue weighted by Gasteiger charge is -2.21. The van der Waals surface area contributed by atoms with Crippen LogP contribution in [0.2, 0.25) is 0 Å². The average Bonchev–Trinajstić information content (AvgIpc) is 2.97. The zero-order valence-corrected chi connectivity index (χ0v) is 11.6. The van der Waals surface area contributed by atoms with Crippen molar-refractivity contribution in [2.45, 2.75) is 51.4 Å². The predicted octanol–water partition coefficient (Wildman–Crippen LogP) is 2.33. The number of hydrogen-bond donors (Lipinski definition) is 1. The third-order valence-corrected chi connectivity index (χ3v) is 3.47. The summed E-state index contributed by atoms with van der Waals surface area (Å²) in [5, 5.41) is 3.27. The lowest BCUT2D eigenvalue weighted by molar-refractivity contribution is 0.535. The number of aromatic nitrogens is 2. The maximum atomic E-state index is 4.81. The van der Waals surface area contributed by atoms with Gasteiger partial charge in [-0.15, -0.1) is 0 Å². The van der Waals surface area contributed by atoms with Crippen LogP contribution in [-0.4, -0.2) is 23.6 Å². The van der Waals surface area contributed by atoms with Crippen LogP contribution >= 0.6 is 0 Å². The highest BCUT2D eigenvalue weighted by Crippen LogP contribution is 2.46. The van der Waals surface area contributed by atoms with E-state index in [1.54, 1.807) is 0 Å². The molecule has 0 amide bonds. The Hall–Kier alpha value is -0.960. The van der Waals surface area contributed by atoms with Gasteiger partial charge in [0.15, 0.2) is 0 Å². The molecule has 1 heterocycles. The number of rotatable bonds is 3. The number of nitrogens with zero attached hydrogens (tertiary/aromatic N) is 2. The fraction of sp³-hybridized carbons (Fsp3) is 0.714. The van der Waals surface area contributed by atoms with Crippen molar-refractivity contribution < 1.29 is 0 Å². The van der Waals surface area contributed by atoms with E-state index in [-0.39, 0.29) is 10.8 Å². The third-order valence-electron chi connectivity index (χ3n) is 3.47. The Morgan fingerprint density at radius 3 is 2.41 bits per heavy atom. The molecule has 17 heavy (non-hydrogen) atoms. The summed E-state index contributed by atoms with van der Waals surface area (Å²) in [4.78, 5) is 9.46. The van der Waals surface area contributed by atoms with E-state index in [2.05, 4.69) is 44.1 Å². The van der Waals surface area contributed by atoms with E-state index >= 15 is 0 Å². The van der Waals surface area contributed by atoms with Crippen LogP contribution in [0.3, 0.4) is 0 Å². The summed E-state index contributed by atoms with van der Waals surface area (Å²) < 4.78 is 0. The molecule has 1 saturated carbocycles. The second-order valence-electron chi connectivity index (χ2n) is 6.28. The molecule has 0 unspecified atom stereocenters. The van der Waals surface area contributed by atoms with Gasteiger partial charge in [-0.2, -0.15) is 0 Å². The molecule has 1 aliphatic rings. The second-order valence-corrected chi connectivity index (χ2v) is 6.28. The third kappa shape index (κ3) is 2.49. The summed E-state index contributed by atoms with van der Waals surface area (Å²) in [6.07, 6.45) is 2.42. The molecule has 0 radical (unpaired) electrons. The van der Waals surface area contributed by atoms with Crippen LogP contribution in [0.15, 0.2) is 6.07 Å². The molecule has 0 bridgehead atoms. The van der Waals surface area contributed by atoms with Gasteiger partial charge in [-0.05, 0) is 32.9 Å². The van der Waals surface area contributed by atoms with E-state index in [9.17, 15) is 0 Å². The number of likely N-dealkylation sites (N-methyl/N-ethyl adjacent to an activating group) is 1. The van der Waals surface area contributed by atoms with Crippen molar-refractivity contribution in [1.82, 2.24) is 15.3 Å². The largest absolute Gasteiger partial charge is 0.319 e. The fourth-order valence-electron chi connectivity index (χ4n) is 2.16. The quantitative estimate of drug-likeness (QED) is 0.870. The van der Waals surface area contributed by atoms with Crippen LogP contribution in [0, 0.1) is 6.92 Å². The molecule has 0 atom stereocenters. The topological polar surface area (TPSA) is 37.8 Å². The molecule has 0 spiro atoms. The Morgan fingerprint density at radius 2 is 1.94 bits per heavy atom. The molecule has 0 aromatic carbocycles. The Labute approximate surface area is 104 Å². The van der Waals surface area contributed by atoms with E-state index in [1.807, 2.05) is 7.05 Å². The Balaban J connectivity index is 2.39. The Morgan fingerprint density at radius 1 is 1.29 bits per heavy atom. The van der Waals surface area contributed by atoms with Crippen LogP contribution in [0.25, 0.3) is 0 Å². The summed E-state index contributed by atoms with van der Waals surface area (Å²) in [6, 6.07) is 2.11. The molecule has 0 aliphatic heterocycles. The van der Waals surface area contributed by atoms with E-state index in [0.29, 0.717) is 0 Å². The molecule has 0 saturated heterocycles. The van der Waals surface area contributed by atoms with Gasteiger partial charge in [0.2, 0.25) is 0 Å². The van der Waals surface area contributed by atoms with E-state index in [4.69, 9.17) is 4.98 Å². The Kier molecular flexibility index (Phi) is 2.98. The standard InChI is InChI=1S/C14H23N3/c1-10-8-11(13(2,3)4)17-12(16-10)14(6-7-14)9-15-5/h8,15H,6-7,9H2,1-5H3. The highest BCUT2D eigenvalue weighted by molar-refractivity contribution is 5.25. The van der Waals surface area contributed by atoms with Crippen molar-refractivity contribution in [2.75, 3.05) is 13.6 Å². The smallest absolute Gasteiger partial charge is 0.136 e. The zero-order chi connectivity index (χ0) is 12.7. The first-order valence-electron chi connectivity index (χ1n) is 6.39. The molecule has 2 rings (SSSR count). The van der Waals surface area contributed by atoms with Gasteiger partial charge in [0.1, 0.15) is 5.82 Å². The first-order valence-corrected chi connectivity index (χ1v) is 6.39. The van der Waals surface area contributed by atoms with Crippen molar-refractivity contribution in [1.29, 1.82) is 0 Å². The van der Waals surface area contributed by atoms with Crippen molar-refractivity contribution in [2.24, 2.45) is 0 Å². The van der Waals surface area contributed by atoms with E-state index < -0.39 is 0 Å². The summed E-state index contributed by atoms with van der Waals surface area (Å²) in [5.74, 6) is 1.04. The van der Waals surface area contributed by atoms with Crippen molar-refractivity contribution in [3.63, 3.8) is 0 Å². The molecule has 1 fully saturated rings. The minimum Gasteiger partial charge on any atom is -0.319 e. The number of aryl methyl sites for hydroxylation is 1. The molecule has 3 nitrogen and oxygen atoms in total. The summed E-state index contributed by atoms with van der Waals surface area (Å²) in [7, 11) is 2.00. The summed E-state index contributed by atoms with van der Waals surface area (Å²) in [6.45, 7) is 9.67. The molecule has 94 valence electrons. The van der Waals surface area contributed by atoms with Gasteiger partial charge in [0.05, 0.1) is 0 Å². The zero-order valence-electron chi connectivity index (χ0n) is 11.6. The van der Waals surface area contributed by atoms with Crippen LogP contribution in [-0.2, 0) is 10.8 Å².